The van der Waals surface area contributed by atoms with Gasteiger partial charge in [-0.05, 0) is 37.6 Å². The van der Waals surface area contributed by atoms with E-state index in [0.29, 0.717) is 51.9 Å². The molecule has 0 aliphatic carbocycles. The average Bonchev–Trinajstić information content (AvgIpc) is 3.52. The Morgan fingerprint density at radius 3 is 2.59 bits per heavy atom. The first-order chi connectivity index (χ1) is 18.0. The van der Waals surface area contributed by atoms with Crippen LogP contribution in [0.1, 0.15) is 37.8 Å². The number of phenolic OH excluding ortho intramolecular Hbond substituents is 1. The molecule has 0 amide bonds. The molecule has 3 aromatic rings. The van der Waals surface area contributed by atoms with E-state index < -0.39 is 5.97 Å². The van der Waals surface area contributed by atoms with E-state index >= 15 is 0 Å². The van der Waals surface area contributed by atoms with Crippen LogP contribution in [0.3, 0.4) is 0 Å². The minimum Gasteiger partial charge on any atom is -0.507 e. The minimum absolute atomic E-state index is 0.0578. The zero-order valence-corrected chi connectivity index (χ0v) is 21.6. The Hall–Kier alpha value is -4.14. The molecule has 2 heterocycles. The van der Waals surface area contributed by atoms with Gasteiger partial charge in [-0.15, -0.1) is 0 Å². The predicted octanol–water partition coefficient (Wildman–Crippen LogP) is 4.99. The van der Waals surface area contributed by atoms with E-state index in [4.69, 9.17) is 23.7 Å². The van der Waals surface area contributed by atoms with Crippen LogP contribution in [-0.2, 0) is 22.5 Å². The van der Waals surface area contributed by atoms with Crippen molar-refractivity contribution in [2.45, 2.75) is 39.7 Å². The molecule has 0 atom stereocenters. The standard InChI is InChI=1S/C28H32N2O7/c1-5-7-10-30-27(22-9-8-21(33-3)14-23(22)31)20(16-29-30)12-19(28(32)35-6-2)11-18-13-25-26(37-17-36-25)15-24(18)34-4/h8-9,12-16,31H,5-7,10-11,17H2,1-4H3. The number of hydrogen-bond donors (Lipinski definition) is 1. The molecule has 0 spiro atoms. The second kappa shape index (κ2) is 11.7. The Balaban J connectivity index is 1.81. The summed E-state index contributed by atoms with van der Waals surface area (Å²) in [5.74, 6) is 1.91. The van der Waals surface area contributed by atoms with Crippen LogP contribution in [0.15, 0.2) is 42.1 Å². The topological polar surface area (TPSA) is 101 Å². The maximum Gasteiger partial charge on any atom is 0.334 e. The second-order valence-electron chi connectivity index (χ2n) is 8.49. The van der Waals surface area contributed by atoms with Crippen LogP contribution in [0.25, 0.3) is 17.3 Å². The smallest absolute Gasteiger partial charge is 0.334 e. The van der Waals surface area contributed by atoms with Gasteiger partial charge >= 0.3 is 5.97 Å². The molecule has 1 aliphatic rings. The maximum absolute atomic E-state index is 13.1. The molecule has 2 aromatic carbocycles. The van der Waals surface area contributed by atoms with Gasteiger partial charge in [-0.3, -0.25) is 4.68 Å². The number of benzene rings is 2. The van der Waals surface area contributed by atoms with Crippen LogP contribution >= 0.6 is 0 Å². The highest BCUT2D eigenvalue weighted by Gasteiger charge is 2.23. The van der Waals surface area contributed by atoms with Crippen LogP contribution in [0.4, 0.5) is 0 Å². The van der Waals surface area contributed by atoms with Gasteiger partial charge in [-0.1, -0.05) is 13.3 Å². The molecule has 1 N–H and O–H groups in total. The molecule has 1 aliphatic heterocycles. The number of hydrogen-bond acceptors (Lipinski definition) is 8. The predicted molar refractivity (Wildman–Crippen MR) is 138 cm³/mol. The van der Waals surface area contributed by atoms with Gasteiger partial charge in [0, 0.05) is 47.4 Å². The van der Waals surface area contributed by atoms with E-state index in [1.54, 1.807) is 57.7 Å². The monoisotopic (exact) mass is 508 g/mol. The number of fused-ring (bicyclic) bond motifs is 1. The van der Waals surface area contributed by atoms with Gasteiger partial charge in [0.05, 0.1) is 32.7 Å². The number of esters is 1. The minimum atomic E-state index is -0.451. The van der Waals surface area contributed by atoms with Crippen LogP contribution in [0.5, 0.6) is 28.7 Å². The SMILES string of the molecule is CCCCn1ncc(C=C(Cc2cc3c(cc2OC)OCO3)C(=O)OCC)c1-c1ccc(OC)cc1O. The van der Waals surface area contributed by atoms with Gasteiger partial charge in [0.15, 0.2) is 11.5 Å². The number of ether oxygens (including phenoxy) is 5. The van der Waals surface area contributed by atoms with Gasteiger partial charge in [0.25, 0.3) is 0 Å². The zero-order valence-electron chi connectivity index (χ0n) is 21.6. The fourth-order valence-electron chi connectivity index (χ4n) is 4.21. The Bertz CT molecular complexity index is 1300. The third kappa shape index (κ3) is 5.66. The average molecular weight is 509 g/mol. The number of aromatic hydroxyl groups is 1. The summed E-state index contributed by atoms with van der Waals surface area (Å²) in [6.07, 6.45) is 5.58. The van der Waals surface area contributed by atoms with Crippen LogP contribution in [0.2, 0.25) is 0 Å². The molecule has 0 bridgehead atoms. The van der Waals surface area contributed by atoms with Crippen molar-refractivity contribution >= 4 is 12.0 Å². The fraction of sp³-hybridized carbons (Fsp3) is 0.357. The maximum atomic E-state index is 13.1. The first-order valence-electron chi connectivity index (χ1n) is 12.3. The Morgan fingerprint density at radius 2 is 1.92 bits per heavy atom. The van der Waals surface area contributed by atoms with E-state index in [1.165, 1.54) is 0 Å². The number of phenols is 1. The van der Waals surface area contributed by atoms with Crippen molar-refractivity contribution in [2.75, 3.05) is 27.6 Å². The quantitative estimate of drug-likeness (QED) is 0.286. The van der Waals surface area contributed by atoms with Gasteiger partial charge in [0.2, 0.25) is 6.79 Å². The highest BCUT2D eigenvalue weighted by atomic mass is 16.7. The molecule has 0 fully saturated rings. The zero-order chi connectivity index (χ0) is 26.4. The molecule has 0 radical (unpaired) electrons. The highest BCUT2D eigenvalue weighted by molar-refractivity contribution is 5.95. The van der Waals surface area contributed by atoms with E-state index in [1.807, 2.05) is 10.7 Å². The Morgan fingerprint density at radius 1 is 1.14 bits per heavy atom. The molecular formula is C28H32N2O7. The van der Waals surface area contributed by atoms with Crippen molar-refractivity contribution in [1.82, 2.24) is 9.78 Å². The van der Waals surface area contributed by atoms with Crippen molar-refractivity contribution in [1.29, 1.82) is 0 Å². The number of nitrogens with zero attached hydrogens (tertiary/aromatic N) is 2. The molecule has 0 saturated heterocycles. The lowest BCUT2D eigenvalue weighted by Crippen LogP contribution is -2.10. The normalized spacial score (nSPS) is 12.5. The molecule has 196 valence electrons. The Labute approximate surface area is 216 Å². The Kier molecular flexibility index (Phi) is 8.22. The summed E-state index contributed by atoms with van der Waals surface area (Å²) in [5.41, 5.74) is 3.12. The molecule has 0 saturated carbocycles. The summed E-state index contributed by atoms with van der Waals surface area (Å²) in [5, 5.41) is 15.4. The third-order valence-electron chi connectivity index (χ3n) is 6.08. The second-order valence-corrected chi connectivity index (χ2v) is 8.49. The van der Waals surface area contributed by atoms with Gasteiger partial charge in [-0.2, -0.15) is 5.10 Å². The summed E-state index contributed by atoms with van der Waals surface area (Å²) >= 11 is 0. The van der Waals surface area contributed by atoms with Gasteiger partial charge in [-0.25, -0.2) is 4.79 Å². The molecule has 9 nitrogen and oxygen atoms in total. The lowest BCUT2D eigenvalue weighted by Gasteiger charge is -2.14. The number of aromatic nitrogens is 2. The van der Waals surface area contributed by atoms with Gasteiger partial charge < -0.3 is 28.8 Å². The number of methoxy groups -OCH3 is 2. The van der Waals surface area contributed by atoms with E-state index in [2.05, 4.69) is 12.0 Å². The van der Waals surface area contributed by atoms with Crippen molar-refractivity contribution in [2.24, 2.45) is 0 Å². The summed E-state index contributed by atoms with van der Waals surface area (Å²) in [6, 6.07) is 8.70. The number of unbranched alkanes of at least 4 members (excludes halogenated alkanes) is 1. The van der Waals surface area contributed by atoms with E-state index in [0.717, 1.165) is 18.4 Å². The molecule has 37 heavy (non-hydrogen) atoms. The number of carbonyl (C=O) groups is 1. The van der Waals surface area contributed by atoms with Crippen molar-refractivity contribution in [3.8, 4) is 40.0 Å². The fourth-order valence-corrected chi connectivity index (χ4v) is 4.21. The van der Waals surface area contributed by atoms with Crippen LogP contribution < -0.4 is 18.9 Å². The lowest BCUT2D eigenvalue weighted by molar-refractivity contribution is -0.138. The van der Waals surface area contributed by atoms with Crippen molar-refractivity contribution in [3.05, 3.63) is 53.2 Å². The molecule has 0 unspecified atom stereocenters. The molecule has 9 heteroatoms. The van der Waals surface area contributed by atoms with E-state index in [9.17, 15) is 9.90 Å². The van der Waals surface area contributed by atoms with E-state index in [-0.39, 0.29) is 25.6 Å². The molecular weight excluding hydrogens is 476 g/mol. The summed E-state index contributed by atoms with van der Waals surface area (Å²) < 4.78 is 29.0. The molecule has 4 rings (SSSR count). The van der Waals surface area contributed by atoms with Gasteiger partial charge in [0.1, 0.15) is 17.2 Å². The largest absolute Gasteiger partial charge is 0.507 e. The first-order valence-corrected chi connectivity index (χ1v) is 12.3. The number of rotatable bonds is 11. The number of aryl methyl sites for hydroxylation is 1. The highest BCUT2D eigenvalue weighted by Crippen LogP contribution is 2.40. The first kappa shape index (κ1) is 25.9. The van der Waals surface area contributed by atoms with Crippen LogP contribution in [-0.4, -0.2) is 48.5 Å². The summed E-state index contributed by atoms with van der Waals surface area (Å²) in [4.78, 5) is 13.1. The van der Waals surface area contributed by atoms with Crippen LogP contribution in [0, 0.1) is 0 Å². The number of carbonyl (C=O) groups excluding carboxylic acids is 1. The summed E-state index contributed by atoms with van der Waals surface area (Å²) in [7, 11) is 3.11. The summed E-state index contributed by atoms with van der Waals surface area (Å²) in [6.45, 7) is 4.90. The lowest BCUT2D eigenvalue weighted by atomic mass is 9.99. The van der Waals surface area contributed by atoms with Crippen molar-refractivity contribution in [3.63, 3.8) is 0 Å². The third-order valence-corrected chi connectivity index (χ3v) is 6.08. The van der Waals surface area contributed by atoms with Crippen molar-refractivity contribution < 1.29 is 33.6 Å². The molecule has 1 aromatic heterocycles.